The van der Waals surface area contributed by atoms with E-state index in [1.807, 2.05) is 0 Å². The zero-order valence-electron chi connectivity index (χ0n) is 15.2. The summed E-state index contributed by atoms with van der Waals surface area (Å²) >= 11 is 0. The molecular formula is C17H18F3N7O2. The van der Waals surface area contributed by atoms with Crippen LogP contribution in [-0.4, -0.2) is 35.7 Å². The van der Waals surface area contributed by atoms with Gasteiger partial charge in [0.25, 0.3) is 0 Å². The van der Waals surface area contributed by atoms with Crippen molar-refractivity contribution in [3.63, 3.8) is 0 Å². The molecule has 1 aromatic heterocycles. The number of halogens is 3. The van der Waals surface area contributed by atoms with E-state index < -0.39 is 29.9 Å². The summed E-state index contributed by atoms with van der Waals surface area (Å²) in [5.41, 5.74) is 10.3. The van der Waals surface area contributed by atoms with Gasteiger partial charge in [-0.05, 0) is 12.1 Å². The molecule has 0 saturated heterocycles. The van der Waals surface area contributed by atoms with Crippen LogP contribution in [0.5, 0.6) is 5.75 Å². The molecule has 29 heavy (non-hydrogen) atoms. The van der Waals surface area contributed by atoms with E-state index >= 15 is 0 Å². The van der Waals surface area contributed by atoms with E-state index in [1.54, 1.807) is 0 Å². The summed E-state index contributed by atoms with van der Waals surface area (Å²) < 4.78 is 46.9. The lowest BCUT2D eigenvalue weighted by molar-refractivity contribution is -0.116. The second-order valence-corrected chi connectivity index (χ2v) is 5.47. The molecule has 0 unspecified atom stereocenters. The van der Waals surface area contributed by atoms with Crippen molar-refractivity contribution in [1.82, 2.24) is 9.97 Å². The molecule has 0 saturated carbocycles. The van der Waals surface area contributed by atoms with E-state index in [9.17, 15) is 18.0 Å². The average molecular weight is 409 g/mol. The van der Waals surface area contributed by atoms with Crippen molar-refractivity contribution in [2.24, 2.45) is 16.5 Å². The van der Waals surface area contributed by atoms with Crippen molar-refractivity contribution in [1.29, 1.82) is 0 Å². The Labute approximate surface area is 163 Å². The highest BCUT2D eigenvalue weighted by Crippen LogP contribution is 2.24. The summed E-state index contributed by atoms with van der Waals surface area (Å²) in [4.78, 5) is 22.0. The number of carbonyl (C=O) groups excluding carboxylic acids is 1. The molecule has 0 aliphatic carbocycles. The molecule has 2 aromatic rings. The van der Waals surface area contributed by atoms with Crippen LogP contribution in [0.25, 0.3) is 0 Å². The second-order valence-electron chi connectivity index (χ2n) is 5.47. The van der Waals surface area contributed by atoms with Crippen LogP contribution < -0.4 is 26.8 Å². The van der Waals surface area contributed by atoms with Crippen LogP contribution in [0.3, 0.4) is 0 Å². The normalized spacial score (nSPS) is 11.5. The number of allylic oxidation sites excluding steroid dienone is 1. The van der Waals surface area contributed by atoms with E-state index in [1.165, 1.54) is 13.3 Å². The number of nitrogens with zero attached hydrogens (tertiary/aromatic N) is 3. The third-order valence-corrected chi connectivity index (χ3v) is 3.46. The Kier molecular flexibility index (Phi) is 7.34. The van der Waals surface area contributed by atoms with Gasteiger partial charge >= 0.3 is 0 Å². The molecule has 0 aliphatic heterocycles. The van der Waals surface area contributed by atoms with Gasteiger partial charge in [0.05, 0.1) is 19.0 Å². The Morgan fingerprint density at radius 1 is 1.31 bits per heavy atom. The molecule has 0 radical (unpaired) electrons. The first kappa shape index (κ1) is 21.5. The minimum absolute atomic E-state index is 0.0808. The fourth-order valence-corrected chi connectivity index (χ4v) is 2.10. The Bertz CT molecular complexity index is 951. The first-order chi connectivity index (χ1) is 13.8. The molecule has 154 valence electrons. The number of hydrogen-bond acceptors (Lipinski definition) is 8. The molecule has 0 spiro atoms. The van der Waals surface area contributed by atoms with E-state index in [2.05, 4.69) is 25.6 Å². The summed E-state index contributed by atoms with van der Waals surface area (Å²) in [5, 5.41) is 5.15. The lowest BCUT2D eigenvalue weighted by atomic mass is 10.2. The van der Waals surface area contributed by atoms with Crippen LogP contribution in [0.1, 0.15) is 5.56 Å². The summed E-state index contributed by atoms with van der Waals surface area (Å²) in [6, 6.07) is 2.17. The number of aliphatic imine (C=N–C) groups is 1. The maximum absolute atomic E-state index is 14.2. The number of nitrogens with one attached hydrogen (secondary N) is 2. The highest BCUT2D eigenvalue weighted by molar-refractivity contribution is 5.85. The summed E-state index contributed by atoms with van der Waals surface area (Å²) in [5.74, 6) is -3.77. The molecule has 12 heteroatoms. The molecule has 0 bridgehead atoms. The predicted octanol–water partition coefficient (Wildman–Crippen LogP) is 1.28. The number of methoxy groups -OCH3 is 1. The molecular weight excluding hydrogens is 391 g/mol. The van der Waals surface area contributed by atoms with Crippen molar-refractivity contribution in [3.05, 3.63) is 53.2 Å². The van der Waals surface area contributed by atoms with E-state index in [0.29, 0.717) is 0 Å². The van der Waals surface area contributed by atoms with E-state index in [-0.39, 0.29) is 35.3 Å². The van der Waals surface area contributed by atoms with Gasteiger partial charge in [-0.25, -0.2) is 18.2 Å². The first-order valence-electron chi connectivity index (χ1n) is 8.10. The monoisotopic (exact) mass is 409 g/mol. The highest BCUT2D eigenvalue weighted by atomic mass is 19.1. The van der Waals surface area contributed by atoms with Crippen LogP contribution in [-0.2, 0) is 11.3 Å². The van der Waals surface area contributed by atoms with Crippen LogP contribution >= 0.6 is 0 Å². The number of amides is 1. The fourth-order valence-electron chi connectivity index (χ4n) is 2.10. The van der Waals surface area contributed by atoms with Gasteiger partial charge in [0.15, 0.2) is 23.2 Å². The number of hydrogen-bond donors (Lipinski definition) is 4. The molecule has 6 N–H and O–H groups in total. The lowest BCUT2D eigenvalue weighted by Gasteiger charge is -2.12. The van der Waals surface area contributed by atoms with Gasteiger partial charge in [-0.15, -0.1) is 0 Å². The van der Waals surface area contributed by atoms with Gasteiger partial charge in [0.2, 0.25) is 11.9 Å². The zero-order chi connectivity index (χ0) is 21.4. The van der Waals surface area contributed by atoms with Gasteiger partial charge < -0.3 is 26.8 Å². The number of carbonyl (C=O) groups is 1. The number of nitrogens with two attached hydrogens (primary N) is 2. The third kappa shape index (κ3) is 5.82. The number of benzene rings is 1. The Morgan fingerprint density at radius 2 is 2.07 bits per heavy atom. The number of anilines is 2. The molecule has 0 atom stereocenters. The van der Waals surface area contributed by atoms with E-state index in [0.717, 1.165) is 24.5 Å². The lowest BCUT2D eigenvalue weighted by Crippen LogP contribution is -2.15. The fraction of sp³-hybridized carbons (Fsp3) is 0.176. The quantitative estimate of drug-likeness (QED) is 0.457. The maximum atomic E-state index is 14.2. The molecule has 2 rings (SSSR count). The average Bonchev–Trinajstić information content (AvgIpc) is 2.69. The SMILES string of the molecule is COc1ccc(F)c(CNc2nc(NC(C=NCC(N)=O)=CN)ncc2F)c1F. The number of rotatable bonds is 9. The van der Waals surface area contributed by atoms with Crippen LogP contribution in [0.15, 0.2) is 35.2 Å². The van der Waals surface area contributed by atoms with Crippen LogP contribution in [0.2, 0.25) is 0 Å². The van der Waals surface area contributed by atoms with Gasteiger partial charge in [-0.3, -0.25) is 9.79 Å². The first-order valence-corrected chi connectivity index (χ1v) is 8.10. The summed E-state index contributed by atoms with van der Waals surface area (Å²) in [7, 11) is 1.24. The minimum Gasteiger partial charge on any atom is -0.494 e. The molecule has 1 aromatic carbocycles. The number of primary amides is 1. The van der Waals surface area contributed by atoms with Crippen LogP contribution in [0, 0.1) is 17.5 Å². The highest BCUT2D eigenvalue weighted by Gasteiger charge is 2.15. The van der Waals surface area contributed by atoms with Crippen molar-refractivity contribution < 1.29 is 22.7 Å². The summed E-state index contributed by atoms with van der Waals surface area (Å²) in [6.07, 6.45) is 3.18. The standard InChI is InChI=1S/C17H18F3N7O2/c1-29-13-3-2-11(18)10(15(13)20)6-24-16-12(19)7-25-17(27-16)26-9(4-21)5-23-8-14(22)28/h2-5,7H,6,8,21H2,1H3,(H2,22,28)(H2,24,25,26,27). The summed E-state index contributed by atoms with van der Waals surface area (Å²) in [6.45, 7) is -0.657. The molecule has 1 amide bonds. The zero-order valence-corrected chi connectivity index (χ0v) is 15.2. The van der Waals surface area contributed by atoms with Crippen molar-refractivity contribution >= 4 is 23.9 Å². The number of ether oxygens (including phenoxy) is 1. The minimum atomic E-state index is -0.910. The predicted molar refractivity (Wildman–Crippen MR) is 101 cm³/mol. The Morgan fingerprint density at radius 3 is 2.72 bits per heavy atom. The Hall–Kier alpha value is -3.83. The van der Waals surface area contributed by atoms with Gasteiger partial charge in [0, 0.05) is 24.5 Å². The van der Waals surface area contributed by atoms with Gasteiger partial charge in [0.1, 0.15) is 12.4 Å². The second kappa shape index (κ2) is 9.92. The third-order valence-electron chi connectivity index (χ3n) is 3.46. The largest absolute Gasteiger partial charge is 0.494 e. The number of aromatic nitrogens is 2. The van der Waals surface area contributed by atoms with Crippen molar-refractivity contribution in [2.75, 3.05) is 24.3 Å². The molecule has 1 heterocycles. The van der Waals surface area contributed by atoms with Gasteiger partial charge in [-0.2, -0.15) is 4.98 Å². The van der Waals surface area contributed by atoms with E-state index in [4.69, 9.17) is 16.2 Å². The van der Waals surface area contributed by atoms with Crippen molar-refractivity contribution in [2.45, 2.75) is 6.54 Å². The maximum Gasteiger partial charge on any atom is 0.239 e. The smallest absolute Gasteiger partial charge is 0.239 e. The van der Waals surface area contributed by atoms with Crippen molar-refractivity contribution in [3.8, 4) is 5.75 Å². The molecule has 0 fully saturated rings. The van der Waals surface area contributed by atoms with Gasteiger partial charge in [-0.1, -0.05) is 0 Å². The Balaban J connectivity index is 2.15. The van der Waals surface area contributed by atoms with Crippen LogP contribution in [0.4, 0.5) is 24.9 Å². The molecule has 9 nitrogen and oxygen atoms in total. The molecule has 0 aliphatic rings. The topological polar surface area (TPSA) is 141 Å².